The Bertz CT molecular complexity index is 946. The van der Waals surface area contributed by atoms with E-state index in [1.54, 1.807) is 0 Å². The molecule has 0 saturated heterocycles. The minimum Gasteiger partial charge on any atom is -0.301 e. The summed E-state index contributed by atoms with van der Waals surface area (Å²) in [6.07, 6.45) is 0. The zero-order valence-electron chi connectivity index (χ0n) is 14.8. The Labute approximate surface area is 142 Å². The van der Waals surface area contributed by atoms with Gasteiger partial charge in [-0.25, -0.2) is 0 Å². The van der Waals surface area contributed by atoms with E-state index in [2.05, 4.69) is 42.5 Å². The van der Waals surface area contributed by atoms with Gasteiger partial charge in [0.2, 0.25) is 0 Å². The van der Waals surface area contributed by atoms with Crippen molar-refractivity contribution >= 4 is 0 Å². The Morgan fingerprint density at radius 2 is 1.46 bits per heavy atom. The van der Waals surface area contributed by atoms with E-state index in [9.17, 15) is 4.79 Å². The maximum atomic E-state index is 12.5. The van der Waals surface area contributed by atoms with Crippen molar-refractivity contribution in [1.29, 1.82) is 0 Å². The molecule has 0 aliphatic heterocycles. The first-order valence-electron chi connectivity index (χ1n) is 8.14. The van der Waals surface area contributed by atoms with Crippen LogP contribution < -0.4 is 5.56 Å². The van der Waals surface area contributed by atoms with Crippen LogP contribution in [0.5, 0.6) is 0 Å². The highest BCUT2D eigenvalue weighted by Gasteiger charge is 2.17. The fourth-order valence-electron chi connectivity index (χ4n) is 3.55. The van der Waals surface area contributed by atoms with Crippen LogP contribution in [-0.4, -0.2) is 9.55 Å². The normalized spacial score (nSPS) is 10.9. The molecule has 0 amide bonds. The number of nitrogens with zero attached hydrogens (tertiary/aromatic N) is 2. The molecule has 0 saturated carbocycles. The Kier molecular flexibility index (Phi) is 4.10. The van der Waals surface area contributed by atoms with Crippen molar-refractivity contribution in [2.45, 2.75) is 34.6 Å². The van der Waals surface area contributed by atoms with Gasteiger partial charge in [-0.2, -0.15) is 4.98 Å². The molecule has 0 spiro atoms. The molecule has 0 atom stereocenters. The number of rotatable bonds is 2. The maximum Gasteiger partial charge on any atom is 0.281 e. The van der Waals surface area contributed by atoms with Crippen molar-refractivity contribution in [3.05, 3.63) is 81.0 Å². The van der Waals surface area contributed by atoms with Gasteiger partial charge in [-0.1, -0.05) is 48.0 Å². The lowest BCUT2D eigenvalue weighted by Gasteiger charge is -2.21. The van der Waals surface area contributed by atoms with Gasteiger partial charge >= 0.3 is 0 Å². The van der Waals surface area contributed by atoms with E-state index >= 15 is 0 Å². The van der Waals surface area contributed by atoms with Crippen LogP contribution in [0.4, 0.5) is 0 Å². The number of aryl methyl sites for hydroxylation is 4. The molecule has 0 aliphatic rings. The molecular formula is C21H22N2O. The van der Waals surface area contributed by atoms with Crippen LogP contribution in [0, 0.1) is 34.6 Å². The van der Waals surface area contributed by atoms with Gasteiger partial charge in [0.25, 0.3) is 5.56 Å². The second-order valence-electron chi connectivity index (χ2n) is 6.37. The lowest BCUT2D eigenvalue weighted by atomic mass is 10.0. The summed E-state index contributed by atoms with van der Waals surface area (Å²) >= 11 is 0. The topological polar surface area (TPSA) is 34.9 Å². The van der Waals surface area contributed by atoms with Gasteiger partial charge in [0.15, 0.2) is 0 Å². The molecule has 0 unspecified atom stereocenters. The van der Waals surface area contributed by atoms with Gasteiger partial charge in [0, 0.05) is 5.69 Å². The first-order valence-corrected chi connectivity index (χ1v) is 8.14. The van der Waals surface area contributed by atoms with Crippen molar-refractivity contribution in [2.24, 2.45) is 0 Å². The van der Waals surface area contributed by atoms with Gasteiger partial charge in [-0.05, 0) is 51.3 Å². The predicted octanol–water partition coefficient (Wildman–Crippen LogP) is 4.44. The number of aromatic nitrogens is 2. The molecule has 0 aliphatic carbocycles. The van der Waals surface area contributed by atoms with Crippen LogP contribution in [-0.2, 0) is 0 Å². The predicted molar refractivity (Wildman–Crippen MR) is 99.0 cm³/mol. The third-order valence-corrected chi connectivity index (χ3v) is 4.42. The average Bonchev–Trinajstić information content (AvgIpc) is 2.50. The van der Waals surface area contributed by atoms with E-state index in [4.69, 9.17) is 0 Å². The van der Waals surface area contributed by atoms with Gasteiger partial charge in [-0.3, -0.25) is 4.79 Å². The van der Waals surface area contributed by atoms with Crippen LogP contribution >= 0.6 is 0 Å². The number of benzene rings is 2. The summed E-state index contributed by atoms with van der Waals surface area (Å²) in [5.74, 6) is 0.715. The molecular weight excluding hydrogens is 296 g/mol. The highest BCUT2D eigenvalue weighted by Crippen LogP contribution is 2.27. The van der Waals surface area contributed by atoms with Crippen LogP contribution in [0.2, 0.25) is 0 Å². The maximum absolute atomic E-state index is 12.5. The molecule has 3 aromatic rings. The lowest BCUT2D eigenvalue weighted by molar-refractivity contribution is 0.844. The molecule has 3 rings (SSSR count). The van der Waals surface area contributed by atoms with Crippen LogP contribution in [0.3, 0.4) is 0 Å². The minimum absolute atomic E-state index is 0.171. The van der Waals surface area contributed by atoms with E-state index in [1.165, 1.54) is 16.7 Å². The standard InChI is InChI=1S/C21H22N2O/c1-13-11-14(2)20(15(3)12-13)23-16(4)19(21(24)22-17(23)5)18-9-7-6-8-10-18/h6-12H,1-5H3. The molecule has 0 N–H and O–H groups in total. The molecule has 0 fully saturated rings. The molecule has 0 bridgehead atoms. The van der Waals surface area contributed by atoms with Gasteiger partial charge < -0.3 is 4.57 Å². The van der Waals surface area contributed by atoms with Crippen molar-refractivity contribution in [1.82, 2.24) is 9.55 Å². The van der Waals surface area contributed by atoms with E-state index in [-0.39, 0.29) is 5.56 Å². The third kappa shape index (κ3) is 2.67. The highest BCUT2D eigenvalue weighted by atomic mass is 16.1. The summed E-state index contributed by atoms with van der Waals surface area (Å²) in [7, 11) is 0. The Hall–Kier alpha value is -2.68. The molecule has 24 heavy (non-hydrogen) atoms. The second-order valence-corrected chi connectivity index (χ2v) is 6.37. The van der Waals surface area contributed by atoms with E-state index < -0.39 is 0 Å². The molecule has 0 radical (unpaired) electrons. The second kappa shape index (κ2) is 6.08. The largest absolute Gasteiger partial charge is 0.301 e. The summed E-state index contributed by atoms with van der Waals surface area (Å²) < 4.78 is 2.10. The minimum atomic E-state index is -0.171. The van der Waals surface area contributed by atoms with Crippen molar-refractivity contribution < 1.29 is 0 Å². The Balaban J connectivity index is 2.38. The number of hydrogen-bond acceptors (Lipinski definition) is 2. The van der Waals surface area contributed by atoms with Crippen molar-refractivity contribution in [2.75, 3.05) is 0 Å². The van der Waals surface area contributed by atoms with Gasteiger partial charge in [0.1, 0.15) is 5.82 Å². The van der Waals surface area contributed by atoms with Gasteiger partial charge in [-0.15, -0.1) is 0 Å². The average molecular weight is 318 g/mol. The summed E-state index contributed by atoms with van der Waals surface area (Å²) in [6.45, 7) is 10.2. The Morgan fingerprint density at radius 3 is 2.04 bits per heavy atom. The van der Waals surface area contributed by atoms with Gasteiger partial charge in [0.05, 0.1) is 11.3 Å². The molecule has 2 aromatic carbocycles. The van der Waals surface area contributed by atoms with Crippen molar-refractivity contribution in [3.8, 4) is 16.8 Å². The smallest absolute Gasteiger partial charge is 0.281 e. The molecule has 1 aromatic heterocycles. The summed E-state index contributed by atoms with van der Waals surface area (Å²) in [4.78, 5) is 16.8. The third-order valence-electron chi connectivity index (χ3n) is 4.42. The SMILES string of the molecule is Cc1cc(C)c(-n2c(C)nc(=O)c(-c3ccccc3)c2C)c(C)c1. The van der Waals surface area contributed by atoms with Crippen LogP contribution in [0.1, 0.15) is 28.2 Å². The lowest BCUT2D eigenvalue weighted by Crippen LogP contribution is -2.21. The van der Waals surface area contributed by atoms with Crippen LogP contribution in [0.15, 0.2) is 47.3 Å². The zero-order chi connectivity index (χ0) is 17.4. The quantitative estimate of drug-likeness (QED) is 0.700. The fourth-order valence-corrected chi connectivity index (χ4v) is 3.55. The fraction of sp³-hybridized carbons (Fsp3) is 0.238. The molecule has 3 heteroatoms. The molecule has 3 nitrogen and oxygen atoms in total. The van der Waals surface area contributed by atoms with E-state index in [0.29, 0.717) is 11.4 Å². The van der Waals surface area contributed by atoms with Crippen LogP contribution in [0.25, 0.3) is 16.8 Å². The summed E-state index contributed by atoms with van der Waals surface area (Å²) in [6, 6.07) is 14.1. The molecule has 1 heterocycles. The monoisotopic (exact) mass is 318 g/mol. The zero-order valence-corrected chi connectivity index (χ0v) is 14.8. The highest BCUT2D eigenvalue weighted by molar-refractivity contribution is 5.66. The van der Waals surface area contributed by atoms with E-state index in [1.807, 2.05) is 44.2 Å². The summed E-state index contributed by atoms with van der Waals surface area (Å²) in [5.41, 5.74) is 7.04. The first-order chi connectivity index (χ1) is 11.4. The summed E-state index contributed by atoms with van der Waals surface area (Å²) in [5, 5.41) is 0. The number of hydrogen-bond donors (Lipinski definition) is 0. The van der Waals surface area contributed by atoms with E-state index in [0.717, 1.165) is 16.9 Å². The first kappa shape index (κ1) is 16.2. The Morgan fingerprint density at radius 1 is 0.875 bits per heavy atom. The van der Waals surface area contributed by atoms with Crippen molar-refractivity contribution in [3.63, 3.8) is 0 Å². The molecule has 122 valence electrons.